The van der Waals surface area contributed by atoms with Gasteiger partial charge in [0.15, 0.2) is 0 Å². The van der Waals surface area contributed by atoms with E-state index in [1.54, 1.807) is 11.6 Å². The van der Waals surface area contributed by atoms with Gasteiger partial charge in [-0.1, -0.05) is 23.3 Å². The summed E-state index contributed by atoms with van der Waals surface area (Å²) in [6.07, 6.45) is 2.01. The number of nitrogens with one attached hydrogen (secondary N) is 1. The number of aromatic nitrogens is 4. The van der Waals surface area contributed by atoms with E-state index in [-0.39, 0.29) is 17.6 Å². The molecule has 2 aliphatic heterocycles. The van der Waals surface area contributed by atoms with Crippen molar-refractivity contribution in [1.82, 2.24) is 25.5 Å². The summed E-state index contributed by atoms with van der Waals surface area (Å²) in [6, 6.07) is 9.41. The summed E-state index contributed by atoms with van der Waals surface area (Å²) in [5.74, 6) is 0.548. The summed E-state index contributed by atoms with van der Waals surface area (Å²) in [4.78, 5) is 13.5. The van der Waals surface area contributed by atoms with E-state index in [1.807, 2.05) is 30.3 Å². The highest BCUT2D eigenvalue weighted by Crippen LogP contribution is 2.40. The van der Waals surface area contributed by atoms with Gasteiger partial charge < -0.3 is 20.1 Å². The Labute approximate surface area is 163 Å². The normalized spacial score (nSPS) is 27.0. The van der Waals surface area contributed by atoms with E-state index < -0.39 is 5.60 Å². The zero-order valence-corrected chi connectivity index (χ0v) is 16.2. The number of nitrogens with zero attached hydrogens (tertiary/aromatic N) is 5. The third-order valence-electron chi connectivity index (χ3n) is 5.78. The zero-order valence-electron chi connectivity index (χ0n) is 16.2. The van der Waals surface area contributed by atoms with Gasteiger partial charge in [0.05, 0.1) is 29.5 Å². The van der Waals surface area contributed by atoms with Gasteiger partial charge in [-0.3, -0.25) is 4.79 Å². The highest BCUT2D eigenvalue weighted by molar-refractivity contribution is 5.73. The smallest absolute Gasteiger partial charge is 0.250 e. The van der Waals surface area contributed by atoms with E-state index in [0.717, 1.165) is 31.6 Å². The minimum atomic E-state index is -1.00. The minimum Gasteiger partial charge on any atom is -0.388 e. The van der Waals surface area contributed by atoms with Crippen LogP contribution < -0.4 is 10.2 Å². The zero-order chi connectivity index (χ0) is 19.8. The van der Waals surface area contributed by atoms with Crippen molar-refractivity contribution >= 4 is 11.9 Å². The molecule has 1 amide bonds. The number of amides is 1. The van der Waals surface area contributed by atoms with Crippen molar-refractivity contribution in [1.29, 1.82) is 0 Å². The Kier molecular flexibility index (Phi) is 4.80. The van der Waals surface area contributed by atoms with Crippen molar-refractivity contribution in [3.63, 3.8) is 0 Å². The summed E-state index contributed by atoms with van der Waals surface area (Å²) in [6.45, 7) is 5.01. The monoisotopic (exact) mass is 386 g/mol. The molecule has 2 saturated heterocycles. The quantitative estimate of drug-likeness (QED) is 0.799. The third kappa shape index (κ3) is 3.59. The van der Waals surface area contributed by atoms with E-state index in [4.69, 9.17) is 4.74 Å². The number of aliphatic hydroxyl groups is 1. The predicted octanol–water partition coefficient (Wildman–Crippen LogP) is 0.677. The lowest BCUT2D eigenvalue weighted by Crippen LogP contribution is -2.63. The van der Waals surface area contributed by atoms with Gasteiger partial charge >= 0.3 is 0 Å². The van der Waals surface area contributed by atoms with Gasteiger partial charge in [-0.15, -0.1) is 0 Å². The van der Waals surface area contributed by atoms with Crippen molar-refractivity contribution in [2.24, 2.45) is 0 Å². The molecule has 2 aliphatic rings. The lowest BCUT2D eigenvalue weighted by molar-refractivity contribution is -0.180. The molecule has 9 heteroatoms. The van der Waals surface area contributed by atoms with Crippen LogP contribution in [-0.4, -0.2) is 68.2 Å². The number of para-hydroxylation sites is 1. The Hall–Kier alpha value is -2.52. The number of tetrazole rings is 1. The molecule has 2 aromatic rings. The van der Waals surface area contributed by atoms with Gasteiger partial charge in [0, 0.05) is 26.4 Å². The largest absolute Gasteiger partial charge is 0.388 e. The fraction of sp³-hybridized carbons (Fsp3) is 0.579. The topological polar surface area (TPSA) is 105 Å². The number of carbonyl (C=O) groups is 1. The summed E-state index contributed by atoms with van der Waals surface area (Å²) in [5, 5.41) is 25.9. The van der Waals surface area contributed by atoms with Crippen LogP contribution in [0.25, 0.3) is 5.69 Å². The SMILES string of the molecule is CC(=O)N[C@H]1COC2(CCN(c3nnnn3-c3ccccc3)CC2)C[C@]1(C)O. The first kappa shape index (κ1) is 18.8. The summed E-state index contributed by atoms with van der Waals surface area (Å²) in [5.41, 5.74) is -0.477. The average molecular weight is 386 g/mol. The van der Waals surface area contributed by atoms with Crippen LogP contribution in [-0.2, 0) is 9.53 Å². The molecule has 0 saturated carbocycles. The molecule has 0 aliphatic carbocycles. The maximum Gasteiger partial charge on any atom is 0.250 e. The Balaban J connectivity index is 1.45. The van der Waals surface area contributed by atoms with Crippen molar-refractivity contribution < 1.29 is 14.6 Å². The van der Waals surface area contributed by atoms with Crippen LogP contribution in [0.15, 0.2) is 30.3 Å². The molecular formula is C19H26N6O3. The molecule has 4 rings (SSSR count). The van der Waals surface area contributed by atoms with Crippen LogP contribution in [0.4, 0.5) is 5.95 Å². The lowest BCUT2D eigenvalue weighted by Gasteiger charge is -2.51. The minimum absolute atomic E-state index is 0.160. The molecule has 9 nitrogen and oxygen atoms in total. The number of ether oxygens (including phenoxy) is 1. The van der Waals surface area contributed by atoms with Crippen LogP contribution in [0.5, 0.6) is 0 Å². The molecule has 3 heterocycles. The second-order valence-electron chi connectivity index (χ2n) is 7.99. The second-order valence-corrected chi connectivity index (χ2v) is 7.99. The van der Waals surface area contributed by atoms with Crippen molar-refractivity contribution in [2.45, 2.75) is 50.4 Å². The molecule has 2 atom stereocenters. The van der Waals surface area contributed by atoms with E-state index in [0.29, 0.717) is 19.0 Å². The first-order valence-corrected chi connectivity index (χ1v) is 9.61. The molecule has 2 fully saturated rings. The molecule has 0 bridgehead atoms. The second kappa shape index (κ2) is 7.14. The molecule has 0 radical (unpaired) electrons. The van der Waals surface area contributed by atoms with E-state index in [9.17, 15) is 9.90 Å². The predicted molar refractivity (Wildman–Crippen MR) is 102 cm³/mol. The van der Waals surface area contributed by atoms with Crippen LogP contribution in [0.1, 0.15) is 33.1 Å². The summed E-state index contributed by atoms with van der Waals surface area (Å²) in [7, 11) is 0. The molecule has 2 N–H and O–H groups in total. The molecule has 150 valence electrons. The van der Waals surface area contributed by atoms with Crippen LogP contribution in [0, 0.1) is 0 Å². The Morgan fingerprint density at radius 2 is 2.00 bits per heavy atom. The Bertz CT molecular complexity index is 829. The summed E-state index contributed by atoms with van der Waals surface area (Å²) >= 11 is 0. The lowest BCUT2D eigenvalue weighted by atomic mass is 9.76. The maximum atomic E-state index is 11.4. The highest BCUT2D eigenvalue weighted by Gasteiger charge is 2.49. The number of anilines is 1. The standard InChI is InChI=1S/C19H26N6O3/c1-14(26)20-16-12-28-19(13-18(16,2)27)8-10-24(11-9-19)17-21-22-23-25(17)15-6-4-3-5-7-15/h3-7,16,27H,8-13H2,1-2H3,(H,20,26)/t16-,18-/m0/s1. The van der Waals surface area contributed by atoms with Crippen molar-refractivity contribution in [3.8, 4) is 5.69 Å². The Morgan fingerprint density at radius 3 is 2.64 bits per heavy atom. The van der Waals surface area contributed by atoms with Crippen LogP contribution in [0.2, 0.25) is 0 Å². The molecule has 1 aromatic heterocycles. The number of carbonyl (C=O) groups excluding carboxylic acids is 1. The van der Waals surface area contributed by atoms with E-state index >= 15 is 0 Å². The van der Waals surface area contributed by atoms with Gasteiger partial charge in [0.1, 0.15) is 0 Å². The molecular weight excluding hydrogens is 360 g/mol. The third-order valence-corrected chi connectivity index (χ3v) is 5.78. The average Bonchev–Trinajstić information content (AvgIpc) is 3.15. The first-order valence-electron chi connectivity index (χ1n) is 9.61. The van der Waals surface area contributed by atoms with Gasteiger partial charge in [0.25, 0.3) is 0 Å². The molecule has 1 spiro atoms. The number of benzene rings is 1. The first-order chi connectivity index (χ1) is 13.4. The molecule has 1 aromatic carbocycles. The maximum absolute atomic E-state index is 11.4. The van der Waals surface area contributed by atoms with Gasteiger partial charge in [-0.2, -0.15) is 4.68 Å². The molecule has 0 unspecified atom stereocenters. The van der Waals surface area contributed by atoms with Crippen LogP contribution in [0.3, 0.4) is 0 Å². The van der Waals surface area contributed by atoms with Gasteiger partial charge in [-0.05, 0) is 42.3 Å². The Morgan fingerprint density at radius 1 is 1.29 bits per heavy atom. The number of hydrogen-bond donors (Lipinski definition) is 2. The highest BCUT2D eigenvalue weighted by atomic mass is 16.5. The van der Waals surface area contributed by atoms with Gasteiger partial charge in [0.2, 0.25) is 11.9 Å². The van der Waals surface area contributed by atoms with E-state index in [2.05, 4.69) is 25.7 Å². The number of rotatable bonds is 3. The van der Waals surface area contributed by atoms with Gasteiger partial charge in [-0.25, -0.2) is 0 Å². The van der Waals surface area contributed by atoms with Crippen molar-refractivity contribution in [2.75, 3.05) is 24.6 Å². The summed E-state index contributed by atoms with van der Waals surface area (Å²) < 4.78 is 7.92. The van der Waals surface area contributed by atoms with E-state index in [1.165, 1.54) is 6.92 Å². The number of piperidine rings is 1. The van der Waals surface area contributed by atoms with Crippen LogP contribution >= 0.6 is 0 Å². The fourth-order valence-corrected chi connectivity index (χ4v) is 4.26. The number of hydrogen-bond acceptors (Lipinski definition) is 7. The van der Waals surface area contributed by atoms with Crippen molar-refractivity contribution in [3.05, 3.63) is 30.3 Å². The fourth-order valence-electron chi connectivity index (χ4n) is 4.26. The molecule has 28 heavy (non-hydrogen) atoms.